The van der Waals surface area contributed by atoms with Crippen molar-refractivity contribution in [2.75, 3.05) is 7.05 Å². The summed E-state index contributed by atoms with van der Waals surface area (Å²) in [5.41, 5.74) is 6.07. The largest absolute Gasteiger partial charge is 0.409 e. The zero-order valence-electron chi connectivity index (χ0n) is 10.4. The Morgan fingerprint density at radius 3 is 2.83 bits per heavy atom. The number of hydrogen-bond acceptors (Lipinski definition) is 3. The molecule has 0 aliphatic heterocycles. The van der Waals surface area contributed by atoms with Crippen molar-refractivity contribution in [3.8, 4) is 0 Å². The fourth-order valence-corrected chi connectivity index (χ4v) is 1.91. The minimum Gasteiger partial charge on any atom is -0.409 e. The van der Waals surface area contributed by atoms with Crippen LogP contribution >= 0.6 is 15.9 Å². The molecule has 0 radical (unpaired) electrons. The van der Waals surface area contributed by atoms with Crippen molar-refractivity contribution in [3.05, 3.63) is 34.1 Å². The molecule has 0 spiro atoms. The van der Waals surface area contributed by atoms with Crippen molar-refractivity contribution in [3.63, 3.8) is 0 Å². The van der Waals surface area contributed by atoms with E-state index in [9.17, 15) is 4.39 Å². The van der Waals surface area contributed by atoms with Crippen LogP contribution in [-0.4, -0.2) is 29.0 Å². The highest BCUT2D eigenvalue weighted by Gasteiger charge is 2.13. The second-order valence-electron chi connectivity index (χ2n) is 4.30. The van der Waals surface area contributed by atoms with Gasteiger partial charge in [0.15, 0.2) is 0 Å². The number of halogens is 2. The van der Waals surface area contributed by atoms with E-state index in [-0.39, 0.29) is 17.7 Å². The Balaban J connectivity index is 2.66. The van der Waals surface area contributed by atoms with E-state index >= 15 is 0 Å². The predicted octanol–water partition coefficient (Wildman–Crippen LogP) is 2.54. The lowest BCUT2D eigenvalue weighted by atomic mass is 10.1. The quantitative estimate of drug-likeness (QED) is 0.380. The molecule has 0 fully saturated rings. The van der Waals surface area contributed by atoms with E-state index in [2.05, 4.69) is 21.1 Å². The summed E-state index contributed by atoms with van der Waals surface area (Å²) in [7, 11) is 1.87. The first-order valence-electron chi connectivity index (χ1n) is 5.54. The van der Waals surface area contributed by atoms with Crippen LogP contribution in [0.3, 0.4) is 0 Å². The minimum atomic E-state index is -0.243. The third-order valence-corrected chi connectivity index (χ3v) is 3.31. The van der Waals surface area contributed by atoms with Crippen molar-refractivity contribution in [2.45, 2.75) is 25.9 Å². The molecular formula is C12H17BrFN3O. The summed E-state index contributed by atoms with van der Waals surface area (Å²) in [6.45, 7) is 2.41. The maximum atomic E-state index is 13.7. The summed E-state index contributed by atoms with van der Waals surface area (Å²) in [4.78, 5) is 1.95. The van der Waals surface area contributed by atoms with Gasteiger partial charge in [-0.3, -0.25) is 4.90 Å². The van der Waals surface area contributed by atoms with Crippen molar-refractivity contribution in [2.24, 2.45) is 10.9 Å². The second-order valence-corrected chi connectivity index (χ2v) is 5.21. The Bertz CT molecular complexity index is 439. The zero-order chi connectivity index (χ0) is 13.7. The molecule has 1 atom stereocenters. The summed E-state index contributed by atoms with van der Waals surface area (Å²) < 4.78 is 14.4. The van der Waals surface area contributed by atoms with Crippen LogP contribution in [-0.2, 0) is 6.54 Å². The Hall–Kier alpha value is -1.14. The molecule has 1 aromatic rings. The number of hydrogen-bond donors (Lipinski definition) is 2. The van der Waals surface area contributed by atoms with Crippen LogP contribution in [0.4, 0.5) is 4.39 Å². The molecule has 0 aliphatic rings. The summed E-state index contributed by atoms with van der Waals surface area (Å²) in [5, 5.41) is 11.4. The molecule has 0 saturated heterocycles. The number of rotatable bonds is 5. The molecule has 1 aromatic carbocycles. The maximum Gasteiger partial charge on any atom is 0.140 e. The van der Waals surface area contributed by atoms with Crippen LogP contribution in [0.5, 0.6) is 0 Å². The van der Waals surface area contributed by atoms with E-state index in [4.69, 9.17) is 10.9 Å². The van der Waals surface area contributed by atoms with E-state index in [0.29, 0.717) is 18.5 Å². The first kappa shape index (κ1) is 14.9. The molecule has 0 aromatic heterocycles. The van der Waals surface area contributed by atoms with Crippen molar-refractivity contribution >= 4 is 21.8 Å². The van der Waals surface area contributed by atoms with E-state index < -0.39 is 0 Å². The van der Waals surface area contributed by atoms with Crippen LogP contribution in [0.2, 0.25) is 0 Å². The summed E-state index contributed by atoms with van der Waals surface area (Å²) in [6.07, 6.45) is 0.436. The molecule has 0 aliphatic carbocycles. The van der Waals surface area contributed by atoms with E-state index in [1.807, 2.05) is 18.9 Å². The van der Waals surface area contributed by atoms with Crippen LogP contribution in [0.25, 0.3) is 0 Å². The van der Waals surface area contributed by atoms with Crippen LogP contribution < -0.4 is 5.73 Å². The Morgan fingerprint density at radius 1 is 1.61 bits per heavy atom. The van der Waals surface area contributed by atoms with Crippen molar-refractivity contribution < 1.29 is 9.60 Å². The van der Waals surface area contributed by atoms with Crippen LogP contribution in [0.1, 0.15) is 18.9 Å². The third kappa shape index (κ3) is 4.27. The highest BCUT2D eigenvalue weighted by Crippen LogP contribution is 2.17. The smallest absolute Gasteiger partial charge is 0.140 e. The van der Waals surface area contributed by atoms with Gasteiger partial charge in [-0.15, -0.1) is 0 Å². The Labute approximate surface area is 114 Å². The zero-order valence-corrected chi connectivity index (χ0v) is 12.0. The fraction of sp³-hybridized carbons (Fsp3) is 0.417. The average Bonchev–Trinajstić information content (AvgIpc) is 2.32. The standard InChI is InChI=1S/C12H17BrFN3O/c1-8(5-12(15)16-18)17(2)7-9-3-4-10(13)6-11(9)14/h3-4,6,8,18H,5,7H2,1-2H3,(H2,15,16). The molecule has 0 bridgehead atoms. The van der Waals surface area contributed by atoms with Gasteiger partial charge in [0.05, 0.1) is 0 Å². The van der Waals surface area contributed by atoms with Crippen LogP contribution in [0, 0.1) is 5.82 Å². The fourth-order valence-electron chi connectivity index (χ4n) is 1.57. The first-order chi connectivity index (χ1) is 8.43. The van der Waals surface area contributed by atoms with Gasteiger partial charge in [0.2, 0.25) is 0 Å². The first-order valence-corrected chi connectivity index (χ1v) is 6.34. The number of benzene rings is 1. The molecule has 4 nitrogen and oxygen atoms in total. The molecule has 0 amide bonds. The lowest BCUT2D eigenvalue weighted by Crippen LogP contribution is -2.33. The molecule has 18 heavy (non-hydrogen) atoms. The van der Waals surface area contributed by atoms with Gasteiger partial charge in [-0.05, 0) is 26.1 Å². The summed E-state index contributed by atoms with van der Waals surface area (Å²) in [5.74, 6) is -0.0714. The van der Waals surface area contributed by atoms with E-state index in [1.54, 1.807) is 12.1 Å². The van der Waals surface area contributed by atoms with Gasteiger partial charge in [-0.2, -0.15) is 0 Å². The van der Waals surface area contributed by atoms with Gasteiger partial charge in [-0.25, -0.2) is 4.39 Å². The normalized spacial score (nSPS) is 13.9. The topological polar surface area (TPSA) is 61.9 Å². The van der Waals surface area contributed by atoms with Gasteiger partial charge in [0, 0.05) is 29.0 Å². The summed E-state index contributed by atoms with van der Waals surface area (Å²) in [6, 6.07) is 5.05. The third-order valence-electron chi connectivity index (χ3n) is 2.82. The molecule has 100 valence electrons. The Morgan fingerprint density at radius 2 is 2.28 bits per heavy atom. The van der Waals surface area contributed by atoms with Crippen LogP contribution in [0.15, 0.2) is 27.8 Å². The molecule has 6 heteroatoms. The average molecular weight is 318 g/mol. The van der Waals surface area contributed by atoms with Gasteiger partial charge >= 0.3 is 0 Å². The van der Waals surface area contributed by atoms with E-state index in [0.717, 1.165) is 4.47 Å². The summed E-state index contributed by atoms with van der Waals surface area (Å²) >= 11 is 3.22. The highest BCUT2D eigenvalue weighted by molar-refractivity contribution is 9.10. The minimum absolute atomic E-state index is 0.0592. The molecule has 1 rings (SSSR count). The SMILES string of the molecule is CC(CC(N)=NO)N(C)Cc1ccc(Br)cc1F. The van der Waals surface area contributed by atoms with Gasteiger partial charge in [0.25, 0.3) is 0 Å². The van der Waals surface area contributed by atoms with Crippen molar-refractivity contribution in [1.82, 2.24) is 4.90 Å². The molecule has 3 N–H and O–H groups in total. The lowest BCUT2D eigenvalue weighted by molar-refractivity contribution is 0.248. The monoisotopic (exact) mass is 317 g/mol. The Kier molecular flexibility index (Phi) is 5.55. The van der Waals surface area contributed by atoms with Gasteiger partial charge in [0.1, 0.15) is 11.7 Å². The number of nitrogens with two attached hydrogens (primary N) is 1. The van der Waals surface area contributed by atoms with Crippen molar-refractivity contribution in [1.29, 1.82) is 0 Å². The lowest BCUT2D eigenvalue weighted by Gasteiger charge is -2.24. The molecule has 0 saturated carbocycles. The molecule has 1 unspecified atom stereocenters. The number of oxime groups is 1. The highest BCUT2D eigenvalue weighted by atomic mass is 79.9. The number of amidine groups is 1. The van der Waals surface area contributed by atoms with E-state index in [1.165, 1.54) is 6.07 Å². The maximum absolute atomic E-state index is 13.7. The second kappa shape index (κ2) is 6.70. The van der Waals surface area contributed by atoms with Gasteiger partial charge < -0.3 is 10.9 Å². The molecule has 0 heterocycles. The van der Waals surface area contributed by atoms with Gasteiger partial charge in [-0.1, -0.05) is 27.2 Å². The molecular weight excluding hydrogens is 301 g/mol. The predicted molar refractivity (Wildman–Crippen MR) is 73.1 cm³/mol. The number of nitrogens with zero attached hydrogens (tertiary/aromatic N) is 2.